The molecule has 0 saturated carbocycles. The van der Waals surface area contributed by atoms with Crippen molar-refractivity contribution in [2.24, 2.45) is 5.16 Å². The van der Waals surface area contributed by atoms with Gasteiger partial charge in [-0.3, -0.25) is 4.79 Å². The van der Waals surface area contributed by atoms with Gasteiger partial charge in [-0.25, -0.2) is 0 Å². The lowest BCUT2D eigenvalue weighted by atomic mass is 9.86. The second-order valence-corrected chi connectivity index (χ2v) is 8.89. The molecule has 6 nitrogen and oxygen atoms in total. The third kappa shape index (κ3) is 4.83. The molecule has 0 bridgehead atoms. The fourth-order valence-corrected chi connectivity index (χ4v) is 4.02. The summed E-state index contributed by atoms with van der Waals surface area (Å²) in [5.74, 6) is 1.63. The number of nitrogens with zero attached hydrogens (tertiary/aromatic N) is 1. The predicted molar refractivity (Wildman–Crippen MR) is 129 cm³/mol. The second kappa shape index (κ2) is 9.53. The Morgan fingerprint density at radius 1 is 1.03 bits per heavy atom. The number of fused-ring (bicyclic) bond motifs is 2. The van der Waals surface area contributed by atoms with Crippen LogP contribution in [0.25, 0.3) is 10.8 Å². The monoisotopic (exact) mass is 450 g/mol. The number of ether oxygens (including phenoxy) is 2. The van der Waals surface area contributed by atoms with Gasteiger partial charge < -0.3 is 19.1 Å². The van der Waals surface area contributed by atoms with E-state index in [0.29, 0.717) is 6.61 Å². The van der Waals surface area contributed by atoms with E-state index in [0.717, 1.165) is 51.3 Å². The number of carbonyl (C=O) groups is 1. The zero-order valence-electron chi connectivity index (χ0n) is 18.4. The average molecular weight is 451 g/mol. The summed E-state index contributed by atoms with van der Waals surface area (Å²) in [6, 6.07) is 17.8. The number of oxime groups is 1. The minimum atomic E-state index is -0.533. The third-order valence-corrected chi connectivity index (χ3v) is 6.10. The van der Waals surface area contributed by atoms with E-state index >= 15 is 0 Å². The van der Waals surface area contributed by atoms with Crippen molar-refractivity contribution in [3.05, 3.63) is 60.2 Å². The van der Waals surface area contributed by atoms with Crippen molar-refractivity contribution in [2.75, 3.05) is 19.0 Å². The number of amides is 1. The first-order valence-electron chi connectivity index (χ1n) is 10.5. The van der Waals surface area contributed by atoms with E-state index < -0.39 is 5.41 Å². The normalized spacial score (nSPS) is 14.4. The molecular formula is C25H26N2O4S. The minimum absolute atomic E-state index is 0.0163. The Kier molecular flexibility index (Phi) is 6.55. The van der Waals surface area contributed by atoms with Crippen LogP contribution in [0.5, 0.6) is 11.5 Å². The third-order valence-electron chi connectivity index (χ3n) is 5.50. The van der Waals surface area contributed by atoms with Gasteiger partial charge in [0.25, 0.3) is 0 Å². The van der Waals surface area contributed by atoms with E-state index in [1.54, 1.807) is 13.3 Å². The molecule has 0 saturated heterocycles. The molecule has 0 atom stereocenters. The van der Waals surface area contributed by atoms with Crippen LogP contribution in [0.2, 0.25) is 0 Å². The first-order valence-corrected chi connectivity index (χ1v) is 11.2. The Balaban J connectivity index is 1.18. The maximum absolute atomic E-state index is 12.0. The smallest absolute Gasteiger partial charge is 0.234 e. The van der Waals surface area contributed by atoms with Crippen LogP contribution in [0.15, 0.2) is 64.6 Å². The molecule has 4 rings (SSSR count). The van der Waals surface area contributed by atoms with E-state index in [1.165, 1.54) is 12.0 Å². The molecule has 0 aliphatic carbocycles. The molecule has 3 aromatic carbocycles. The van der Waals surface area contributed by atoms with Crippen molar-refractivity contribution < 1.29 is 18.6 Å². The van der Waals surface area contributed by atoms with Gasteiger partial charge in [0.05, 0.1) is 24.0 Å². The van der Waals surface area contributed by atoms with Crippen molar-refractivity contribution in [3.63, 3.8) is 0 Å². The van der Waals surface area contributed by atoms with Crippen molar-refractivity contribution in [3.8, 4) is 11.5 Å². The molecule has 0 aromatic heterocycles. The van der Waals surface area contributed by atoms with Gasteiger partial charge in [0, 0.05) is 11.9 Å². The maximum atomic E-state index is 12.0. The molecule has 166 valence electrons. The van der Waals surface area contributed by atoms with E-state index in [4.69, 9.17) is 13.8 Å². The first kappa shape index (κ1) is 22.0. The zero-order valence-corrected chi connectivity index (χ0v) is 19.2. The summed E-state index contributed by atoms with van der Waals surface area (Å²) >= 11 is 1.22. The summed E-state index contributed by atoms with van der Waals surface area (Å²) in [6.45, 7) is 4.40. The Morgan fingerprint density at radius 2 is 1.81 bits per heavy atom. The first-order chi connectivity index (χ1) is 15.5. The molecule has 1 aliphatic heterocycles. The van der Waals surface area contributed by atoms with Gasteiger partial charge in [0.15, 0.2) is 0 Å². The van der Waals surface area contributed by atoms with E-state index in [-0.39, 0.29) is 5.91 Å². The summed E-state index contributed by atoms with van der Waals surface area (Å²) in [6.07, 6.45) is 3.30. The molecule has 32 heavy (non-hydrogen) atoms. The van der Waals surface area contributed by atoms with E-state index in [1.807, 2.05) is 62.4 Å². The van der Waals surface area contributed by atoms with Crippen LogP contribution in [0.3, 0.4) is 0 Å². The summed E-state index contributed by atoms with van der Waals surface area (Å²) in [5.41, 5.74) is 1.30. The van der Waals surface area contributed by atoms with Crippen molar-refractivity contribution in [2.45, 2.75) is 37.0 Å². The van der Waals surface area contributed by atoms with Crippen LogP contribution in [-0.4, -0.2) is 25.8 Å². The Labute approximate surface area is 192 Å². The summed E-state index contributed by atoms with van der Waals surface area (Å²) in [7, 11) is 1.66. The highest BCUT2D eigenvalue weighted by molar-refractivity contribution is 7.94. The molecule has 1 aliphatic rings. The number of benzene rings is 3. The molecular weight excluding hydrogens is 424 g/mol. The van der Waals surface area contributed by atoms with Crippen LogP contribution in [0.1, 0.15) is 32.3 Å². The Hall–Kier alpha value is -3.19. The van der Waals surface area contributed by atoms with Gasteiger partial charge in [0.1, 0.15) is 23.5 Å². The van der Waals surface area contributed by atoms with Gasteiger partial charge in [-0.2, -0.15) is 0 Å². The lowest BCUT2D eigenvalue weighted by Gasteiger charge is -2.16. The molecule has 7 heteroatoms. The number of rotatable bonds is 9. The van der Waals surface area contributed by atoms with Crippen molar-refractivity contribution in [1.82, 2.24) is 0 Å². The van der Waals surface area contributed by atoms with Gasteiger partial charge in [-0.15, -0.1) is 0 Å². The topological polar surface area (TPSA) is 69.1 Å². The summed E-state index contributed by atoms with van der Waals surface area (Å²) in [5, 5.41) is 9.15. The standard InChI is InChI=1S/C25H26N2O4S/c1-25(2)22-16-20(9-11-23(22)27-24(25)28)30-13-5-4-12-26-31-32-21-10-7-17-14-19(29-3)8-6-18(17)15-21/h6-12,14-16H,4-5,13H2,1-3H3,(H,27,28). The number of hydrogen-bond acceptors (Lipinski definition) is 6. The quantitative estimate of drug-likeness (QED) is 0.189. The fraction of sp³-hybridized carbons (Fsp3) is 0.280. The second-order valence-electron chi connectivity index (χ2n) is 8.10. The molecule has 1 amide bonds. The van der Waals surface area contributed by atoms with E-state index in [9.17, 15) is 4.79 Å². The Morgan fingerprint density at radius 3 is 2.66 bits per heavy atom. The maximum Gasteiger partial charge on any atom is 0.234 e. The summed E-state index contributed by atoms with van der Waals surface area (Å²) < 4.78 is 16.4. The predicted octanol–water partition coefficient (Wildman–Crippen LogP) is 5.95. The van der Waals surface area contributed by atoms with Crippen molar-refractivity contribution in [1.29, 1.82) is 0 Å². The molecule has 0 unspecified atom stereocenters. The van der Waals surface area contributed by atoms with Crippen molar-refractivity contribution >= 4 is 40.6 Å². The number of methoxy groups -OCH3 is 1. The molecule has 1 N–H and O–H groups in total. The number of hydrogen-bond donors (Lipinski definition) is 1. The SMILES string of the molecule is COc1ccc2cc(SON=CCCCOc3ccc4c(c3)C(C)(C)C(=O)N4)ccc2c1. The van der Waals surface area contributed by atoms with Gasteiger partial charge in [0.2, 0.25) is 5.91 Å². The number of carbonyl (C=O) groups excluding carboxylic acids is 1. The van der Waals surface area contributed by atoms with Crippen LogP contribution in [-0.2, 0) is 14.5 Å². The molecule has 3 aromatic rings. The van der Waals surface area contributed by atoms with Crippen LogP contribution in [0, 0.1) is 0 Å². The average Bonchev–Trinajstić information content (AvgIpc) is 3.03. The van der Waals surface area contributed by atoms with Gasteiger partial charge >= 0.3 is 0 Å². The Bertz CT molecular complexity index is 1160. The van der Waals surface area contributed by atoms with E-state index in [2.05, 4.69) is 16.5 Å². The highest BCUT2D eigenvalue weighted by Crippen LogP contribution is 2.39. The summed E-state index contributed by atoms with van der Waals surface area (Å²) in [4.78, 5) is 13.0. The lowest BCUT2D eigenvalue weighted by molar-refractivity contribution is -0.119. The van der Waals surface area contributed by atoms with Crippen LogP contribution < -0.4 is 14.8 Å². The highest BCUT2D eigenvalue weighted by Gasteiger charge is 2.38. The van der Waals surface area contributed by atoms with Gasteiger partial charge in [-0.1, -0.05) is 17.3 Å². The number of anilines is 1. The molecule has 0 spiro atoms. The lowest BCUT2D eigenvalue weighted by Crippen LogP contribution is -2.26. The minimum Gasteiger partial charge on any atom is -0.497 e. The molecule has 0 radical (unpaired) electrons. The molecule has 1 heterocycles. The largest absolute Gasteiger partial charge is 0.497 e. The fourth-order valence-electron chi connectivity index (χ4n) is 3.53. The zero-order chi connectivity index (χ0) is 22.6. The van der Waals surface area contributed by atoms with Crippen LogP contribution >= 0.6 is 12.0 Å². The van der Waals surface area contributed by atoms with Gasteiger partial charge in [-0.05, 0) is 85.5 Å². The number of nitrogens with one attached hydrogen (secondary N) is 1. The van der Waals surface area contributed by atoms with Crippen LogP contribution in [0.4, 0.5) is 5.69 Å². The number of unbranched alkanes of at least 4 members (excludes halogenated alkanes) is 1. The molecule has 0 fully saturated rings. The highest BCUT2D eigenvalue weighted by atomic mass is 32.2.